The van der Waals surface area contributed by atoms with Crippen LogP contribution in [0, 0.1) is 0 Å². The van der Waals surface area contributed by atoms with Crippen molar-refractivity contribution < 1.29 is 14.1 Å². The smallest absolute Gasteiger partial charge is 0.379 e. The molecule has 0 aromatic carbocycles. The SMILES string of the molecule is CCOC(=O)c1noc(C2CCCCCCC2)n1. The van der Waals surface area contributed by atoms with E-state index in [2.05, 4.69) is 10.1 Å². The van der Waals surface area contributed by atoms with E-state index in [0.29, 0.717) is 18.4 Å². The van der Waals surface area contributed by atoms with E-state index in [-0.39, 0.29) is 5.82 Å². The lowest BCUT2D eigenvalue weighted by Crippen LogP contribution is -2.08. The Kier molecular flexibility index (Phi) is 4.73. The number of carbonyl (C=O) groups is 1. The van der Waals surface area contributed by atoms with Crippen LogP contribution in [0.2, 0.25) is 0 Å². The first kappa shape index (κ1) is 13.1. The summed E-state index contributed by atoms with van der Waals surface area (Å²) in [5.41, 5.74) is 0. The van der Waals surface area contributed by atoms with Crippen molar-refractivity contribution in [3.05, 3.63) is 11.7 Å². The van der Waals surface area contributed by atoms with Crippen molar-refractivity contribution in [1.82, 2.24) is 10.1 Å². The van der Waals surface area contributed by atoms with Gasteiger partial charge in [-0.25, -0.2) is 4.79 Å². The summed E-state index contributed by atoms with van der Waals surface area (Å²) in [4.78, 5) is 15.6. The molecule has 1 saturated carbocycles. The maximum atomic E-state index is 11.5. The number of aromatic nitrogens is 2. The largest absolute Gasteiger partial charge is 0.460 e. The zero-order valence-electron chi connectivity index (χ0n) is 10.9. The first-order valence-corrected chi connectivity index (χ1v) is 6.82. The normalized spacial score (nSPS) is 18.1. The van der Waals surface area contributed by atoms with Gasteiger partial charge >= 0.3 is 5.97 Å². The lowest BCUT2D eigenvalue weighted by molar-refractivity contribution is 0.0508. The molecule has 0 amide bonds. The van der Waals surface area contributed by atoms with Gasteiger partial charge in [0.25, 0.3) is 5.82 Å². The zero-order chi connectivity index (χ0) is 12.8. The van der Waals surface area contributed by atoms with Crippen molar-refractivity contribution in [2.45, 2.75) is 57.8 Å². The number of carbonyl (C=O) groups excluding carboxylic acids is 1. The molecule has 0 aliphatic heterocycles. The molecule has 2 rings (SSSR count). The molecule has 0 atom stereocenters. The molecule has 1 aliphatic rings. The van der Waals surface area contributed by atoms with Crippen LogP contribution in [0.25, 0.3) is 0 Å². The summed E-state index contributed by atoms with van der Waals surface area (Å²) in [5.74, 6) is 0.452. The molecule has 1 aromatic rings. The fraction of sp³-hybridized carbons (Fsp3) is 0.769. The molecule has 1 fully saturated rings. The monoisotopic (exact) mass is 252 g/mol. The summed E-state index contributed by atoms with van der Waals surface area (Å²) < 4.78 is 10.1. The van der Waals surface area contributed by atoms with Crippen LogP contribution in [0.1, 0.15) is 74.3 Å². The molecular weight excluding hydrogens is 232 g/mol. The molecule has 1 heterocycles. The second-order valence-electron chi connectivity index (χ2n) is 4.72. The van der Waals surface area contributed by atoms with Gasteiger partial charge in [0.05, 0.1) is 6.61 Å². The van der Waals surface area contributed by atoms with Crippen molar-refractivity contribution in [2.24, 2.45) is 0 Å². The summed E-state index contributed by atoms with van der Waals surface area (Å²) in [6.45, 7) is 2.08. The standard InChI is InChI=1S/C13H20N2O3/c1-2-17-13(16)11-14-12(18-15-11)10-8-6-4-3-5-7-9-10/h10H,2-9H2,1H3. The van der Waals surface area contributed by atoms with E-state index in [1.165, 1.54) is 32.1 Å². The zero-order valence-corrected chi connectivity index (χ0v) is 10.9. The molecule has 0 saturated heterocycles. The molecule has 1 aliphatic carbocycles. The van der Waals surface area contributed by atoms with Gasteiger partial charge in [-0.05, 0) is 24.9 Å². The molecule has 100 valence electrons. The molecule has 1 aromatic heterocycles. The Labute approximate surface area is 107 Å². The first-order chi connectivity index (χ1) is 8.81. The third-order valence-corrected chi connectivity index (χ3v) is 3.35. The van der Waals surface area contributed by atoms with E-state index in [1.54, 1.807) is 6.92 Å². The predicted molar refractivity (Wildman–Crippen MR) is 65.3 cm³/mol. The molecule has 5 nitrogen and oxygen atoms in total. The second kappa shape index (κ2) is 6.52. The lowest BCUT2D eigenvalue weighted by atomic mass is 9.91. The van der Waals surface area contributed by atoms with Crippen LogP contribution < -0.4 is 0 Å². The molecule has 0 spiro atoms. The van der Waals surface area contributed by atoms with Crippen LogP contribution in [-0.2, 0) is 4.74 Å². The summed E-state index contributed by atoms with van der Waals surface area (Å²) in [6, 6.07) is 0. The summed E-state index contributed by atoms with van der Waals surface area (Å²) in [6.07, 6.45) is 8.41. The Morgan fingerprint density at radius 3 is 2.61 bits per heavy atom. The van der Waals surface area contributed by atoms with Crippen LogP contribution in [0.5, 0.6) is 0 Å². The van der Waals surface area contributed by atoms with Gasteiger partial charge in [-0.1, -0.05) is 32.1 Å². The quantitative estimate of drug-likeness (QED) is 0.773. The van der Waals surface area contributed by atoms with Gasteiger partial charge < -0.3 is 9.26 Å². The van der Waals surface area contributed by atoms with Crippen LogP contribution in [0.15, 0.2) is 4.52 Å². The van der Waals surface area contributed by atoms with Crippen LogP contribution >= 0.6 is 0 Å². The fourth-order valence-corrected chi connectivity index (χ4v) is 2.38. The summed E-state index contributed by atoms with van der Waals surface area (Å²) >= 11 is 0. The Morgan fingerprint density at radius 2 is 1.94 bits per heavy atom. The molecule has 0 N–H and O–H groups in total. The number of ether oxygens (including phenoxy) is 1. The van der Waals surface area contributed by atoms with Gasteiger partial charge in [-0.3, -0.25) is 0 Å². The first-order valence-electron chi connectivity index (χ1n) is 6.82. The van der Waals surface area contributed by atoms with Crippen molar-refractivity contribution in [3.8, 4) is 0 Å². The molecule has 0 radical (unpaired) electrons. The number of esters is 1. The number of hydrogen-bond acceptors (Lipinski definition) is 5. The van der Waals surface area contributed by atoms with E-state index < -0.39 is 5.97 Å². The van der Waals surface area contributed by atoms with E-state index in [4.69, 9.17) is 9.26 Å². The number of nitrogens with zero attached hydrogens (tertiary/aromatic N) is 2. The second-order valence-corrected chi connectivity index (χ2v) is 4.72. The maximum absolute atomic E-state index is 11.5. The number of rotatable bonds is 3. The van der Waals surface area contributed by atoms with E-state index >= 15 is 0 Å². The topological polar surface area (TPSA) is 65.2 Å². The van der Waals surface area contributed by atoms with Gasteiger partial charge in [0.2, 0.25) is 5.89 Å². The van der Waals surface area contributed by atoms with Crippen LogP contribution in [-0.4, -0.2) is 22.7 Å². The van der Waals surface area contributed by atoms with Gasteiger partial charge in [-0.15, -0.1) is 0 Å². The van der Waals surface area contributed by atoms with Crippen LogP contribution in [0.4, 0.5) is 0 Å². The van der Waals surface area contributed by atoms with Gasteiger partial charge in [0.15, 0.2) is 0 Å². The van der Waals surface area contributed by atoms with Crippen molar-refractivity contribution in [3.63, 3.8) is 0 Å². The Bertz CT molecular complexity index is 381. The van der Waals surface area contributed by atoms with E-state index in [9.17, 15) is 4.79 Å². The third kappa shape index (κ3) is 3.31. The van der Waals surface area contributed by atoms with E-state index in [0.717, 1.165) is 12.8 Å². The summed E-state index contributed by atoms with van der Waals surface area (Å²) in [7, 11) is 0. The fourth-order valence-electron chi connectivity index (χ4n) is 2.38. The highest BCUT2D eigenvalue weighted by Gasteiger charge is 2.22. The van der Waals surface area contributed by atoms with Crippen molar-refractivity contribution in [2.75, 3.05) is 6.61 Å². The highest BCUT2D eigenvalue weighted by atomic mass is 16.5. The minimum absolute atomic E-state index is 0.0499. The molecular formula is C13H20N2O3. The van der Waals surface area contributed by atoms with Gasteiger partial charge in [0.1, 0.15) is 0 Å². The highest BCUT2D eigenvalue weighted by molar-refractivity contribution is 5.84. The highest BCUT2D eigenvalue weighted by Crippen LogP contribution is 2.29. The van der Waals surface area contributed by atoms with E-state index in [1.807, 2.05) is 0 Å². The van der Waals surface area contributed by atoms with Gasteiger partial charge in [-0.2, -0.15) is 4.98 Å². The van der Waals surface area contributed by atoms with Crippen LogP contribution in [0.3, 0.4) is 0 Å². The molecule has 0 bridgehead atoms. The molecule has 18 heavy (non-hydrogen) atoms. The molecule has 5 heteroatoms. The Morgan fingerprint density at radius 1 is 1.28 bits per heavy atom. The summed E-state index contributed by atoms with van der Waals surface area (Å²) in [5, 5.41) is 3.70. The van der Waals surface area contributed by atoms with Gasteiger partial charge in [0, 0.05) is 5.92 Å². The third-order valence-electron chi connectivity index (χ3n) is 3.35. The Balaban J connectivity index is 2.01. The maximum Gasteiger partial charge on any atom is 0.379 e. The number of hydrogen-bond donors (Lipinski definition) is 0. The Hall–Kier alpha value is -1.39. The lowest BCUT2D eigenvalue weighted by Gasteiger charge is -2.15. The van der Waals surface area contributed by atoms with Crippen molar-refractivity contribution >= 4 is 5.97 Å². The minimum atomic E-state index is -0.502. The van der Waals surface area contributed by atoms with Crippen molar-refractivity contribution in [1.29, 1.82) is 0 Å². The predicted octanol–water partition coefficient (Wildman–Crippen LogP) is 3.07. The minimum Gasteiger partial charge on any atom is -0.460 e. The average Bonchev–Trinajstić information content (AvgIpc) is 2.78. The average molecular weight is 252 g/mol. The molecule has 0 unspecified atom stereocenters.